The van der Waals surface area contributed by atoms with E-state index in [1.165, 1.54) is 0 Å². The molecule has 1 aromatic rings. The van der Waals surface area contributed by atoms with Crippen molar-refractivity contribution in [2.24, 2.45) is 5.92 Å². The van der Waals surface area contributed by atoms with Gasteiger partial charge in [0.05, 0.1) is 24.3 Å². The van der Waals surface area contributed by atoms with Crippen molar-refractivity contribution in [2.45, 2.75) is 46.5 Å². The van der Waals surface area contributed by atoms with Gasteiger partial charge in [-0.25, -0.2) is 9.59 Å². The molecular weight excluding hydrogens is 280 g/mol. The number of benzene rings is 1. The highest BCUT2D eigenvalue weighted by Gasteiger charge is 2.10. The second-order valence-corrected chi connectivity index (χ2v) is 5.74. The third-order valence-electron chi connectivity index (χ3n) is 3.25. The first-order chi connectivity index (χ1) is 10.5. The maximum atomic E-state index is 11.8. The molecule has 0 saturated heterocycles. The van der Waals surface area contributed by atoms with Crippen molar-refractivity contribution in [3.8, 4) is 0 Å². The van der Waals surface area contributed by atoms with Gasteiger partial charge < -0.3 is 9.47 Å². The van der Waals surface area contributed by atoms with Crippen LogP contribution in [0.5, 0.6) is 0 Å². The van der Waals surface area contributed by atoms with Crippen LogP contribution in [0.2, 0.25) is 0 Å². The van der Waals surface area contributed by atoms with Gasteiger partial charge in [-0.3, -0.25) is 0 Å². The van der Waals surface area contributed by atoms with Crippen LogP contribution in [0.15, 0.2) is 24.3 Å². The summed E-state index contributed by atoms with van der Waals surface area (Å²) in [4.78, 5) is 23.6. The zero-order valence-electron chi connectivity index (χ0n) is 13.8. The summed E-state index contributed by atoms with van der Waals surface area (Å²) >= 11 is 0. The Morgan fingerprint density at radius 1 is 0.909 bits per heavy atom. The summed E-state index contributed by atoms with van der Waals surface area (Å²) in [6.07, 6.45) is 3.74. The van der Waals surface area contributed by atoms with E-state index in [-0.39, 0.29) is 11.9 Å². The van der Waals surface area contributed by atoms with Gasteiger partial charge in [-0.1, -0.05) is 27.2 Å². The average molecular weight is 306 g/mol. The quantitative estimate of drug-likeness (QED) is 0.506. The Morgan fingerprint density at radius 3 is 1.77 bits per heavy atom. The van der Waals surface area contributed by atoms with Crippen molar-refractivity contribution in [2.75, 3.05) is 13.2 Å². The Morgan fingerprint density at radius 2 is 1.36 bits per heavy atom. The molecule has 122 valence electrons. The van der Waals surface area contributed by atoms with Crippen molar-refractivity contribution in [3.05, 3.63) is 35.4 Å². The second-order valence-electron chi connectivity index (χ2n) is 5.74. The van der Waals surface area contributed by atoms with Crippen LogP contribution < -0.4 is 0 Å². The molecule has 0 radical (unpaired) electrons. The first-order valence-corrected chi connectivity index (χ1v) is 7.99. The monoisotopic (exact) mass is 306 g/mol. The molecule has 0 amide bonds. The Balaban J connectivity index is 2.43. The van der Waals surface area contributed by atoms with Crippen LogP contribution in [0, 0.1) is 5.92 Å². The summed E-state index contributed by atoms with van der Waals surface area (Å²) < 4.78 is 10.3. The molecule has 0 unspecified atom stereocenters. The van der Waals surface area contributed by atoms with Gasteiger partial charge in [-0.05, 0) is 49.4 Å². The van der Waals surface area contributed by atoms with Crippen LogP contribution >= 0.6 is 0 Å². The fourth-order valence-corrected chi connectivity index (χ4v) is 1.87. The highest BCUT2D eigenvalue weighted by molar-refractivity contribution is 5.93. The lowest BCUT2D eigenvalue weighted by Gasteiger charge is -2.07. The van der Waals surface area contributed by atoms with Crippen LogP contribution in [0.25, 0.3) is 0 Å². The fourth-order valence-electron chi connectivity index (χ4n) is 1.87. The predicted molar refractivity (Wildman–Crippen MR) is 86.0 cm³/mol. The van der Waals surface area contributed by atoms with Gasteiger partial charge in [-0.15, -0.1) is 0 Å². The highest BCUT2D eigenvalue weighted by Crippen LogP contribution is 2.09. The third-order valence-corrected chi connectivity index (χ3v) is 3.25. The highest BCUT2D eigenvalue weighted by atomic mass is 16.5. The predicted octanol–water partition coefficient (Wildman–Crippen LogP) is 4.24. The van der Waals surface area contributed by atoms with E-state index in [2.05, 4.69) is 13.8 Å². The number of ether oxygens (including phenoxy) is 2. The summed E-state index contributed by atoms with van der Waals surface area (Å²) in [6.45, 7) is 7.17. The maximum Gasteiger partial charge on any atom is 0.338 e. The molecule has 0 N–H and O–H groups in total. The lowest BCUT2D eigenvalue weighted by atomic mass is 10.1. The SMILES string of the molecule is CCCCOC(=O)c1ccc(C(=O)OCCCC(C)C)cc1. The number of carbonyl (C=O) groups is 2. The van der Waals surface area contributed by atoms with E-state index in [9.17, 15) is 9.59 Å². The molecule has 4 nitrogen and oxygen atoms in total. The molecular formula is C18H26O4. The van der Waals surface area contributed by atoms with Crippen LogP contribution in [0.4, 0.5) is 0 Å². The zero-order valence-corrected chi connectivity index (χ0v) is 13.8. The Hall–Kier alpha value is -1.84. The van der Waals surface area contributed by atoms with Crippen molar-refractivity contribution >= 4 is 11.9 Å². The summed E-state index contributed by atoms with van der Waals surface area (Å²) in [5.41, 5.74) is 0.905. The van der Waals surface area contributed by atoms with E-state index in [4.69, 9.17) is 9.47 Å². The van der Waals surface area contributed by atoms with E-state index in [1.54, 1.807) is 24.3 Å². The van der Waals surface area contributed by atoms with E-state index < -0.39 is 0 Å². The number of esters is 2. The van der Waals surface area contributed by atoms with E-state index in [0.29, 0.717) is 30.3 Å². The number of hydrogen-bond donors (Lipinski definition) is 0. The minimum Gasteiger partial charge on any atom is -0.462 e. The molecule has 0 bridgehead atoms. The molecule has 22 heavy (non-hydrogen) atoms. The summed E-state index contributed by atoms with van der Waals surface area (Å²) in [7, 11) is 0. The van der Waals surface area contributed by atoms with Crippen LogP contribution in [-0.4, -0.2) is 25.2 Å². The van der Waals surface area contributed by atoms with E-state index in [0.717, 1.165) is 25.7 Å². The Labute approximate surface area is 132 Å². The normalized spacial score (nSPS) is 10.5. The third kappa shape index (κ3) is 6.74. The lowest BCUT2D eigenvalue weighted by molar-refractivity contribution is 0.0482. The lowest BCUT2D eigenvalue weighted by Crippen LogP contribution is -2.09. The van der Waals surface area contributed by atoms with Gasteiger partial charge >= 0.3 is 11.9 Å². The van der Waals surface area contributed by atoms with Crippen LogP contribution in [-0.2, 0) is 9.47 Å². The molecule has 0 atom stereocenters. The molecule has 0 aliphatic carbocycles. The van der Waals surface area contributed by atoms with Gasteiger partial charge in [0, 0.05) is 0 Å². The minimum absolute atomic E-state index is 0.352. The molecule has 0 aliphatic rings. The van der Waals surface area contributed by atoms with E-state index >= 15 is 0 Å². The fraction of sp³-hybridized carbons (Fsp3) is 0.556. The topological polar surface area (TPSA) is 52.6 Å². The summed E-state index contributed by atoms with van der Waals surface area (Å²) in [5, 5.41) is 0. The molecule has 0 aromatic heterocycles. The zero-order chi connectivity index (χ0) is 16.4. The van der Waals surface area contributed by atoms with Gasteiger partial charge in [0.15, 0.2) is 0 Å². The molecule has 0 heterocycles. The molecule has 0 aliphatic heterocycles. The largest absolute Gasteiger partial charge is 0.462 e. The van der Waals surface area contributed by atoms with Gasteiger partial charge in [0.1, 0.15) is 0 Å². The molecule has 1 aromatic carbocycles. The van der Waals surface area contributed by atoms with Crippen molar-refractivity contribution in [3.63, 3.8) is 0 Å². The van der Waals surface area contributed by atoms with Crippen molar-refractivity contribution in [1.29, 1.82) is 0 Å². The van der Waals surface area contributed by atoms with E-state index in [1.807, 2.05) is 6.92 Å². The van der Waals surface area contributed by atoms with Gasteiger partial charge in [0.25, 0.3) is 0 Å². The molecule has 4 heteroatoms. The summed E-state index contributed by atoms with van der Waals surface area (Å²) in [6, 6.07) is 6.39. The minimum atomic E-state index is -0.356. The smallest absolute Gasteiger partial charge is 0.338 e. The number of hydrogen-bond acceptors (Lipinski definition) is 4. The van der Waals surface area contributed by atoms with Gasteiger partial charge in [0.2, 0.25) is 0 Å². The number of carbonyl (C=O) groups excluding carboxylic acids is 2. The van der Waals surface area contributed by atoms with Crippen molar-refractivity contribution in [1.82, 2.24) is 0 Å². The average Bonchev–Trinajstić information content (AvgIpc) is 2.51. The number of unbranched alkanes of at least 4 members (excludes halogenated alkanes) is 1. The Bertz CT molecular complexity index is 462. The number of rotatable bonds is 9. The molecule has 0 saturated carbocycles. The van der Waals surface area contributed by atoms with Gasteiger partial charge in [-0.2, -0.15) is 0 Å². The molecule has 0 fully saturated rings. The summed E-state index contributed by atoms with van der Waals surface area (Å²) in [5.74, 6) is -0.100. The van der Waals surface area contributed by atoms with Crippen LogP contribution in [0.1, 0.15) is 67.2 Å². The standard InChI is InChI=1S/C18H26O4/c1-4-5-12-21-17(19)15-8-10-16(11-9-15)18(20)22-13-6-7-14(2)3/h8-11,14H,4-7,12-13H2,1-3H3. The first-order valence-electron chi connectivity index (χ1n) is 7.99. The van der Waals surface area contributed by atoms with Crippen molar-refractivity contribution < 1.29 is 19.1 Å². The molecule has 0 spiro atoms. The first kappa shape index (κ1) is 18.2. The second kappa shape index (κ2) is 9.98. The Kier molecular flexibility index (Phi) is 8.26. The molecule has 1 rings (SSSR count). The van der Waals surface area contributed by atoms with Crippen LogP contribution in [0.3, 0.4) is 0 Å². The maximum absolute atomic E-state index is 11.8.